The number of carbonyl (C=O) groups is 1. The molecule has 3 nitrogen and oxygen atoms in total. The van der Waals surface area contributed by atoms with Gasteiger partial charge in [0.2, 0.25) is 0 Å². The van der Waals surface area contributed by atoms with E-state index in [0.717, 1.165) is 65.5 Å². The zero-order valence-electron chi connectivity index (χ0n) is 30.6. The largest absolute Gasteiger partial charge is 0.497 e. The van der Waals surface area contributed by atoms with Gasteiger partial charge in [-0.2, -0.15) is 0 Å². The number of ether oxygens (including phenoxy) is 1. The maximum atomic E-state index is 14.6. The molecule has 4 aromatic rings. The first kappa shape index (κ1) is 36.9. The summed E-state index contributed by atoms with van der Waals surface area (Å²) in [4.78, 5) is 11.9. The lowest BCUT2D eigenvalue weighted by atomic mass is 9.71. The van der Waals surface area contributed by atoms with E-state index >= 15 is 0 Å². The molecule has 1 N–H and O–H groups in total. The summed E-state index contributed by atoms with van der Waals surface area (Å²) >= 11 is 0. The summed E-state index contributed by atoms with van der Waals surface area (Å²) in [6.07, 6.45) is 11.1. The van der Waals surface area contributed by atoms with Crippen molar-refractivity contribution in [2.75, 3.05) is 7.11 Å². The topological polar surface area (TPSA) is 46.5 Å². The monoisotopic (exact) mass is 676 g/mol. The van der Waals surface area contributed by atoms with Crippen LogP contribution in [0.5, 0.6) is 5.75 Å². The number of aliphatic hydroxyl groups excluding tert-OH is 1. The van der Waals surface area contributed by atoms with Gasteiger partial charge in [0.05, 0.1) is 13.7 Å². The van der Waals surface area contributed by atoms with E-state index in [0.29, 0.717) is 22.4 Å². The summed E-state index contributed by atoms with van der Waals surface area (Å²) in [7, 11) is 1.57. The smallest absolute Gasteiger partial charge is 0.159 e. The predicted molar refractivity (Wildman–Crippen MR) is 202 cm³/mol. The summed E-state index contributed by atoms with van der Waals surface area (Å²) in [5.41, 5.74) is 9.88. The molecule has 0 bridgehead atoms. The molecule has 50 heavy (non-hydrogen) atoms. The number of methoxy groups -OCH3 is 1. The Morgan fingerprint density at radius 3 is 1.78 bits per heavy atom. The quantitative estimate of drug-likeness (QED) is 0.198. The Hall–Kier alpha value is -4.35. The van der Waals surface area contributed by atoms with Crippen molar-refractivity contribution in [1.82, 2.24) is 0 Å². The Balaban J connectivity index is 0.000000195. The minimum atomic E-state index is -0.295. The van der Waals surface area contributed by atoms with Crippen molar-refractivity contribution < 1.29 is 23.4 Å². The van der Waals surface area contributed by atoms with E-state index in [2.05, 4.69) is 39.8 Å². The highest BCUT2D eigenvalue weighted by atomic mass is 19.1. The van der Waals surface area contributed by atoms with Crippen LogP contribution in [0.15, 0.2) is 84.9 Å². The van der Waals surface area contributed by atoms with Crippen molar-refractivity contribution in [3.63, 3.8) is 0 Å². The maximum Gasteiger partial charge on any atom is 0.159 e. The van der Waals surface area contributed by atoms with Crippen molar-refractivity contribution in [2.45, 2.75) is 86.7 Å². The van der Waals surface area contributed by atoms with Crippen molar-refractivity contribution in [2.24, 2.45) is 10.8 Å². The lowest BCUT2D eigenvalue weighted by Crippen LogP contribution is -2.18. The third-order valence-electron chi connectivity index (χ3n) is 10.3. The number of allylic oxidation sites excluding steroid dienone is 4. The fourth-order valence-corrected chi connectivity index (χ4v) is 7.40. The highest BCUT2D eigenvalue weighted by Gasteiger charge is 2.30. The second-order valence-corrected chi connectivity index (χ2v) is 15.0. The van der Waals surface area contributed by atoms with Gasteiger partial charge in [-0.25, -0.2) is 8.78 Å². The molecule has 0 amide bonds. The van der Waals surface area contributed by atoms with E-state index in [-0.39, 0.29) is 34.9 Å². The van der Waals surface area contributed by atoms with Crippen molar-refractivity contribution in [3.8, 4) is 28.0 Å². The molecule has 0 radical (unpaired) electrons. The first-order chi connectivity index (χ1) is 23.8. The molecular weight excluding hydrogens is 626 g/mol. The van der Waals surface area contributed by atoms with Gasteiger partial charge in [-0.05, 0) is 145 Å². The first-order valence-electron chi connectivity index (χ1n) is 17.7. The zero-order valence-corrected chi connectivity index (χ0v) is 30.6. The number of halogens is 2. The average molecular weight is 677 g/mol. The Morgan fingerprint density at radius 2 is 1.24 bits per heavy atom. The van der Waals surface area contributed by atoms with Gasteiger partial charge in [-0.3, -0.25) is 4.79 Å². The standard InChI is InChI=1S/C23H25FO2.C22H25FO/c1-15(25)16-8-10-18(20-14-17(26-4)9-11-22(20)24)19(13-16)21-7-5-6-12-23(21,2)3;1-15-7-10-21(23)19(12-15)17-9-8-16(14-24)13-18(17)20-6-4-5-11-22(20,2)3/h7-11,13-14H,5-6,12H2,1-4H3;6-10,12-13,24H,4-5,11,14H2,1-3H3. The molecule has 0 saturated heterocycles. The van der Waals surface area contributed by atoms with Crippen LogP contribution in [0.2, 0.25) is 0 Å². The van der Waals surface area contributed by atoms with E-state index < -0.39 is 0 Å². The molecule has 6 rings (SSSR count). The molecule has 4 aromatic carbocycles. The van der Waals surface area contributed by atoms with Gasteiger partial charge in [0.15, 0.2) is 5.78 Å². The van der Waals surface area contributed by atoms with Gasteiger partial charge in [-0.15, -0.1) is 0 Å². The van der Waals surface area contributed by atoms with Crippen LogP contribution in [0, 0.1) is 29.4 Å². The fraction of sp³-hybridized carbons (Fsp3) is 0.356. The molecule has 0 heterocycles. The molecule has 0 atom stereocenters. The summed E-state index contributed by atoms with van der Waals surface area (Å²) in [5, 5.41) is 9.56. The molecule has 0 unspecified atom stereocenters. The summed E-state index contributed by atoms with van der Waals surface area (Å²) < 4.78 is 34.4. The minimum Gasteiger partial charge on any atom is -0.497 e. The van der Waals surface area contributed by atoms with Gasteiger partial charge < -0.3 is 9.84 Å². The molecule has 262 valence electrons. The number of aryl methyl sites for hydroxylation is 1. The molecule has 5 heteroatoms. The van der Waals surface area contributed by atoms with Crippen LogP contribution >= 0.6 is 0 Å². The van der Waals surface area contributed by atoms with Crippen LogP contribution in [0.4, 0.5) is 8.78 Å². The lowest BCUT2D eigenvalue weighted by molar-refractivity contribution is 0.101. The van der Waals surface area contributed by atoms with Crippen molar-refractivity contribution in [1.29, 1.82) is 0 Å². The Kier molecular flexibility index (Phi) is 11.3. The molecule has 2 aliphatic carbocycles. The fourth-order valence-electron chi connectivity index (χ4n) is 7.40. The molecule has 0 fully saturated rings. The third-order valence-corrected chi connectivity index (χ3v) is 10.3. The molecule has 2 aliphatic rings. The number of aliphatic hydroxyl groups is 1. The van der Waals surface area contributed by atoms with Crippen LogP contribution in [0.1, 0.15) is 106 Å². The number of Topliss-reactive ketones (excluding diaryl/α,β-unsaturated/α-hetero) is 1. The van der Waals surface area contributed by atoms with Crippen LogP contribution in [-0.4, -0.2) is 18.0 Å². The van der Waals surface area contributed by atoms with Gasteiger partial charge in [0.1, 0.15) is 17.4 Å². The third kappa shape index (κ3) is 8.00. The molecule has 0 aromatic heterocycles. The van der Waals surface area contributed by atoms with Crippen molar-refractivity contribution >= 4 is 16.9 Å². The highest BCUT2D eigenvalue weighted by molar-refractivity contribution is 5.97. The Labute approximate surface area is 296 Å². The number of carbonyl (C=O) groups excluding carboxylic acids is 1. The average Bonchev–Trinajstić information content (AvgIpc) is 3.09. The van der Waals surface area contributed by atoms with E-state index in [4.69, 9.17) is 4.74 Å². The van der Waals surface area contributed by atoms with Gasteiger partial charge in [0.25, 0.3) is 0 Å². The lowest BCUT2D eigenvalue weighted by Gasteiger charge is -2.33. The summed E-state index contributed by atoms with van der Waals surface area (Å²) in [6, 6.07) is 21.4. The molecular formula is C45H50F2O3. The van der Waals surface area contributed by atoms with Gasteiger partial charge in [0, 0.05) is 16.7 Å². The van der Waals surface area contributed by atoms with Gasteiger partial charge >= 0.3 is 0 Å². The van der Waals surface area contributed by atoms with Crippen LogP contribution < -0.4 is 4.74 Å². The van der Waals surface area contributed by atoms with Crippen LogP contribution in [0.3, 0.4) is 0 Å². The number of ketones is 1. The van der Waals surface area contributed by atoms with Crippen LogP contribution in [0.25, 0.3) is 33.4 Å². The number of rotatable bonds is 7. The molecule has 0 aliphatic heterocycles. The zero-order chi connectivity index (χ0) is 36.2. The normalized spacial score (nSPS) is 16.4. The predicted octanol–water partition coefficient (Wildman–Crippen LogP) is 12.2. The number of hydrogen-bond acceptors (Lipinski definition) is 3. The van der Waals surface area contributed by atoms with E-state index in [1.807, 2.05) is 43.3 Å². The van der Waals surface area contributed by atoms with E-state index in [1.165, 1.54) is 29.7 Å². The SMILES string of the molecule is COc1ccc(F)c(-c2ccc(C(C)=O)cc2C2=CCCCC2(C)C)c1.Cc1ccc(F)c(-c2ccc(CO)cc2C2=CCCCC2(C)C)c1. The second kappa shape index (κ2) is 15.3. The van der Waals surface area contributed by atoms with Crippen LogP contribution in [-0.2, 0) is 6.61 Å². The molecule has 0 saturated carbocycles. The molecule has 0 spiro atoms. The maximum absolute atomic E-state index is 14.6. The van der Waals surface area contributed by atoms with Crippen molar-refractivity contribution in [3.05, 3.63) is 124 Å². The minimum absolute atomic E-state index is 0.00269. The summed E-state index contributed by atoms with van der Waals surface area (Å²) in [5.74, 6) is 0.127. The second-order valence-electron chi connectivity index (χ2n) is 15.0. The Bertz CT molecular complexity index is 1950. The first-order valence-corrected chi connectivity index (χ1v) is 17.7. The van der Waals surface area contributed by atoms with E-state index in [9.17, 15) is 18.7 Å². The van der Waals surface area contributed by atoms with E-state index in [1.54, 1.807) is 38.3 Å². The van der Waals surface area contributed by atoms with Gasteiger partial charge in [-0.1, -0.05) is 75.7 Å². The summed E-state index contributed by atoms with van der Waals surface area (Å²) in [6.45, 7) is 12.5. The highest BCUT2D eigenvalue weighted by Crippen LogP contribution is 2.47. The number of benzene rings is 4. The number of hydrogen-bond donors (Lipinski definition) is 1. The Morgan fingerprint density at radius 1 is 0.700 bits per heavy atom.